The molecule has 0 fully saturated rings. The van der Waals surface area contributed by atoms with Crippen LogP contribution in [-0.4, -0.2) is 31.9 Å². The maximum atomic E-state index is 8.63. The molecule has 0 aliphatic rings. The largest absolute Gasteiger partial charge is 0.394 e. The van der Waals surface area contributed by atoms with Crippen molar-refractivity contribution >= 4 is 0 Å². The molecule has 0 amide bonds. The van der Waals surface area contributed by atoms with E-state index in [1.807, 2.05) is 13.8 Å². The van der Waals surface area contributed by atoms with E-state index in [0.717, 1.165) is 5.82 Å². The number of aromatic nitrogens is 4. The summed E-state index contributed by atoms with van der Waals surface area (Å²) in [6, 6.07) is 0. The van der Waals surface area contributed by atoms with E-state index in [9.17, 15) is 0 Å². The van der Waals surface area contributed by atoms with E-state index in [1.54, 1.807) is 4.68 Å². The predicted molar refractivity (Wildman–Crippen MR) is 39.0 cm³/mol. The molecule has 1 aromatic rings. The van der Waals surface area contributed by atoms with E-state index in [1.165, 1.54) is 0 Å². The minimum Gasteiger partial charge on any atom is -0.394 e. The van der Waals surface area contributed by atoms with Gasteiger partial charge in [0.05, 0.1) is 13.2 Å². The van der Waals surface area contributed by atoms with Crippen LogP contribution in [0.15, 0.2) is 0 Å². The summed E-state index contributed by atoms with van der Waals surface area (Å²) >= 11 is 0. The predicted octanol–water partition coefficient (Wildman–Crippen LogP) is -0.211. The number of nitrogens with zero attached hydrogens (tertiary/aromatic N) is 4. The zero-order valence-corrected chi connectivity index (χ0v) is 6.73. The van der Waals surface area contributed by atoms with Gasteiger partial charge >= 0.3 is 0 Å². The van der Waals surface area contributed by atoms with Crippen molar-refractivity contribution < 1.29 is 5.11 Å². The number of rotatable bonds is 3. The van der Waals surface area contributed by atoms with Crippen molar-refractivity contribution in [1.82, 2.24) is 20.2 Å². The summed E-state index contributed by atoms with van der Waals surface area (Å²) in [7, 11) is 0. The Bertz CT molecular complexity index is 220. The molecule has 5 nitrogen and oxygen atoms in total. The molecular formula is C6H12N4O. The first-order chi connectivity index (χ1) is 5.25. The SMILES string of the molecule is CC(C)c1nnnn1CCO. The molecule has 5 heteroatoms. The Morgan fingerprint density at radius 2 is 2.27 bits per heavy atom. The second kappa shape index (κ2) is 3.43. The first kappa shape index (κ1) is 8.13. The second-order valence-corrected chi connectivity index (χ2v) is 2.64. The minimum atomic E-state index is 0.0742. The van der Waals surface area contributed by atoms with Crippen LogP contribution in [0.4, 0.5) is 0 Å². The van der Waals surface area contributed by atoms with Crippen molar-refractivity contribution in [1.29, 1.82) is 0 Å². The summed E-state index contributed by atoms with van der Waals surface area (Å²) in [4.78, 5) is 0. The van der Waals surface area contributed by atoms with E-state index >= 15 is 0 Å². The molecule has 1 N–H and O–H groups in total. The standard InChI is InChI=1S/C6H12N4O/c1-5(2)6-7-8-9-10(6)3-4-11/h5,11H,3-4H2,1-2H3. The van der Waals surface area contributed by atoms with Crippen LogP contribution < -0.4 is 0 Å². The Morgan fingerprint density at radius 1 is 1.55 bits per heavy atom. The molecule has 0 unspecified atom stereocenters. The third-order valence-electron chi connectivity index (χ3n) is 1.39. The molecule has 0 aliphatic heterocycles. The number of hydrogen-bond donors (Lipinski definition) is 1. The molecule has 1 heterocycles. The molecule has 0 spiro atoms. The van der Waals surface area contributed by atoms with E-state index in [0.29, 0.717) is 12.5 Å². The molecule has 0 saturated heterocycles. The van der Waals surface area contributed by atoms with E-state index < -0.39 is 0 Å². The van der Waals surface area contributed by atoms with E-state index in [2.05, 4.69) is 15.5 Å². The van der Waals surface area contributed by atoms with Crippen molar-refractivity contribution in [3.8, 4) is 0 Å². The molecule has 62 valence electrons. The van der Waals surface area contributed by atoms with Gasteiger partial charge in [-0.15, -0.1) is 5.10 Å². The summed E-state index contributed by atoms with van der Waals surface area (Å²) in [5, 5.41) is 19.7. The molecule has 0 aliphatic carbocycles. The molecule has 0 bridgehead atoms. The maximum Gasteiger partial charge on any atom is 0.153 e. The summed E-state index contributed by atoms with van der Waals surface area (Å²) in [6.07, 6.45) is 0. The van der Waals surface area contributed by atoms with Gasteiger partial charge in [-0.05, 0) is 10.4 Å². The highest BCUT2D eigenvalue weighted by Crippen LogP contribution is 2.07. The minimum absolute atomic E-state index is 0.0742. The molecule has 1 aromatic heterocycles. The third-order valence-corrected chi connectivity index (χ3v) is 1.39. The van der Waals surface area contributed by atoms with Gasteiger partial charge in [0.25, 0.3) is 0 Å². The Kier molecular flexibility index (Phi) is 2.53. The van der Waals surface area contributed by atoms with Gasteiger partial charge in [-0.2, -0.15) is 0 Å². The molecule has 1 rings (SSSR count). The lowest BCUT2D eigenvalue weighted by Crippen LogP contribution is -2.09. The van der Waals surface area contributed by atoms with Crippen molar-refractivity contribution in [2.45, 2.75) is 26.3 Å². The van der Waals surface area contributed by atoms with Gasteiger partial charge in [-0.1, -0.05) is 13.8 Å². The van der Waals surface area contributed by atoms with Crippen molar-refractivity contribution in [2.75, 3.05) is 6.61 Å². The van der Waals surface area contributed by atoms with Gasteiger partial charge in [-0.25, -0.2) is 4.68 Å². The first-order valence-electron chi connectivity index (χ1n) is 3.62. The van der Waals surface area contributed by atoms with E-state index in [-0.39, 0.29) is 6.61 Å². The highest BCUT2D eigenvalue weighted by atomic mass is 16.3. The average molecular weight is 156 g/mol. The van der Waals surface area contributed by atoms with Crippen LogP contribution in [0.1, 0.15) is 25.6 Å². The Morgan fingerprint density at radius 3 is 2.82 bits per heavy atom. The third kappa shape index (κ3) is 1.74. The number of hydrogen-bond acceptors (Lipinski definition) is 4. The highest BCUT2D eigenvalue weighted by Gasteiger charge is 2.08. The molecular weight excluding hydrogens is 144 g/mol. The van der Waals surface area contributed by atoms with Crippen LogP contribution >= 0.6 is 0 Å². The molecule has 0 saturated carbocycles. The number of tetrazole rings is 1. The fourth-order valence-electron chi connectivity index (χ4n) is 0.879. The van der Waals surface area contributed by atoms with Crippen molar-refractivity contribution in [3.05, 3.63) is 5.82 Å². The molecule has 11 heavy (non-hydrogen) atoms. The summed E-state index contributed by atoms with van der Waals surface area (Å²) in [6.45, 7) is 4.57. The smallest absolute Gasteiger partial charge is 0.153 e. The topological polar surface area (TPSA) is 63.8 Å². The zero-order chi connectivity index (χ0) is 8.27. The fourth-order valence-corrected chi connectivity index (χ4v) is 0.879. The maximum absolute atomic E-state index is 8.63. The van der Waals surface area contributed by atoms with Crippen LogP contribution in [0, 0.1) is 0 Å². The lowest BCUT2D eigenvalue weighted by molar-refractivity contribution is 0.265. The van der Waals surface area contributed by atoms with E-state index in [4.69, 9.17) is 5.11 Å². The van der Waals surface area contributed by atoms with Crippen LogP contribution in [0.3, 0.4) is 0 Å². The normalized spacial score (nSPS) is 10.9. The Labute approximate surface area is 65.0 Å². The highest BCUT2D eigenvalue weighted by molar-refractivity contribution is 4.87. The first-order valence-corrected chi connectivity index (χ1v) is 3.62. The summed E-state index contributed by atoms with van der Waals surface area (Å²) in [5.41, 5.74) is 0. The molecule has 0 aromatic carbocycles. The van der Waals surface area contributed by atoms with Crippen molar-refractivity contribution in [2.24, 2.45) is 0 Å². The van der Waals surface area contributed by atoms with Crippen molar-refractivity contribution in [3.63, 3.8) is 0 Å². The second-order valence-electron chi connectivity index (χ2n) is 2.64. The quantitative estimate of drug-likeness (QED) is 0.657. The number of aliphatic hydroxyl groups excluding tert-OH is 1. The lowest BCUT2D eigenvalue weighted by atomic mass is 10.2. The van der Waals surface area contributed by atoms with Crippen LogP contribution in [0.2, 0.25) is 0 Å². The van der Waals surface area contributed by atoms with Gasteiger partial charge < -0.3 is 5.11 Å². The molecule has 0 radical (unpaired) electrons. The lowest BCUT2D eigenvalue weighted by Gasteiger charge is -2.03. The monoisotopic (exact) mass is 156 g/mol. The van der Waals surface area contributed by atoms with Gasteiger partial charge in [0.2, 0.25) is 0 Å². The average Bonchev–Trinajstić information content (AvgIpc) is 2.36. The zero-order valence-electron chi connectivity index (χ0n) is 6.73. The summed E-state index contributed by atoms with van der Waals surface area (Å²) < 4.78 is 1.62. The fraction of sp³-hybridized carbons (Fsp3) is 0.833. The van der Waals surface area contributed by atoms with Gasteiger partial charge in [0, 0.05) is 5.92 Å². The van der Waals surface area contributed by atoms with Crippen LogP contribution in [0.5, 0.6) is 0 Å². The summed E-state index contributed by atoms with van der Waals surface area (Å²) in [5.74, 6) is 1.12. The number of aliphatic hydroxyl groups is 1. The van der Waals surface area contributed by atoms with Crippen LogP contribution in [0.25, 0.3) is 0 Å². The van der Waals surface area contributed by atoms with Gasteiger partial charge in [-0.3, -0.25) is 0 Å². The van der Waals surface area contributed by atoms with Gasteiger partial charge in [0.15, 0.2) is 5.82 Å². The molecule has 0 atom stereocenters. The van der Waals surface area contributed by atoms with Crippen LogP contribution in [-0.2, 0) is 6.54 Å². The Hall–Kier alpha value is -0.970. The Balaban J connectivity index is 2.78. The van der Waals surface area contributed by atoms with Gasteiger partial charge in [0.1, 0.15) is 0 Å².